The van der Waals surface area contributed by atoms with Gasteiger partial charge in [-0.2, -0.15) is 0 Å². The highest BCUT2D eigenvalue weighted by atomic mass is 35.5. The normalized spacial score (nSPS) is 10.5. The highest BCUT2D eigenvalue weighted by Crippen LogP contribution is 2.14. The van der Waals surface area contributed by atoms with Crippen molar-refractivity contribution in [3.05, 3.63) is 64.7 Å². The van der Waals surface area contributed by atoms with Crippen LogP contribution in [0.1, 0.15) is 36.2 Å². The molecule has 0 saturated carbocycles. The van der Waals surface area contributed by atoms with Crippen molar-refractivity contribution in [3.8, 4) is 0 Å². The summed E-state index contributed by atoms with van der Waals surface area (Å²) in [6.07, 6.45) is 0.852. The van der Waals surface area contributed by atoms with Gasteiger partial charge in [-0.25, -0.2) is 4.79 Å². The Morgan fingerprint density at radius 3 is 2.25 bits per heavy atom. The average molecular weight is 346 g/mol. The predicted octanol–water partition coefficient (Wildman–Crippen LogP) is 4.48. The van der Waals surface area contributed by atoms with Crippen LogP contribution in [0.25, 0.3) is 0 Å². The minimum atomic E-state index is -0.370. The number of hydrogen-bond donors (Lipinski definition) is 1. The van der Waals surface area contributed by atoms with Gasteiger partial charge in [0.25, 0.3) is 0 Å². The fourth-order valence-electron chi connectivity index (χ4n) is 2.10. The Morgan fingerprint density at radius 2 is 1.67 bits per heavy atom. The number of amides is 1. The third-order valence-corrected chi connectivity index (χ3v) is 3.55. The van der Waals surface area contributed by atoms with E-state index in [4.69, 9.17) is 16.3 Å². The first-order valence-corrected chi connectivity index (χ1v) is 8.17. The Morgan fingerprint density at radius 1 is 1.04 bits per heavy atom. The Labute approximate surface area is 146 Å². The topological polar surface area (TPSA) is 55.4 Å². The Hall–Kier alpha value is -2.33. The monoisotopic (exact) mass is 345 g/mol. The summed E-state index contributed by atoms with van der Waals surface area (Å²) in [5.41, 5.74) is 2.17. The molecular formula is C19H20ClNO3. The van der Waals surface area contributed by atoms with Gasteiger partial charge in [-0.3, -0.25) is 4.79 Å². The van der Waals surface area contributed by atoms with Crippen molar-refractivity contribution in [1.29, 1.82) is 0 Å². The molecule has 0 aliphatic carbocycles. The highest BCUT2D eigenvalue weighted by Gasteiger charge is 2.09. The minimum absolute atomic E-state index is 0.0811. The molecule has 2 rings (SSSR count). The summed E-state index contributed by atoms with van der Waals surface area (Å²) in [6.45, 7) is 3.60. The molecule has 0 spiro atoms. The fourth-order valence-corrected chi connectivity index (χ4v) is 2.23. The van der Waals surface area contributed by atoms with Gasteiger partial charge in [0, 0.05) is 17.1 Å². The molecule has 2 aromatic rings. The second-order valence-corrected chi connectivity index (χ2v) is 6.14. The maximum atomic E-state index is 12.0. The summed E-state index contributed by atoms with van der Waals surface area (Å²) in [5, 5.41) is 3.49. The molecule has 0 fully saturated rings. The van der Waals surface area contributed by atoms with Crippen molar-refractivity contribution in [1.82, 2.24) is 0 Å². The molecule has 0 atom stereocenters. The molecule has 0 saturated heterocycles. The average Bonchev–Trinajstić information content (AvgIpc) is 2.54. The summed E-state index contributed by atoms with van der Waals surface area (Å²) in [5.74, 6) is -0.451. The number of carbonyl (C=O) groups is 2. The lowest BCUT2D eigenvalue weighted by molar-refractivity contribution is -0.116. The molecule has 5 heteroatoms. The molecule has 0 radical (unpaired) electrons. The van der Waals surface area contributed by atoms with Crippen LogP contribution in [0.4, 0.5) is 5.69 Å². The standard InChI is InChI=1S/C19H20ClNO3/c1-13(2)24-19(23)15-6-10-17(11-7-15)21-18(22)12-5-14-3-8-16(20)9-4-14/h3-4,6-11,13H,5,12H2,1-2H3,(H,21,22). The maximum Gasteiger partial charge on any atom is 0.338 e. The van der Waals surface area contributed by atoms with Crippen LogP contribution in [-0.4, -0.2) is 18.0 Å². The van der Waals surface area contributed by atoms with E-state index in [1.165, 1.54) is 0 Å². The zero-order valence-electron chi connectivity index (χ0n) is 13.7. The molecule has 4 nitrogen and oxygen atoms in total. The smallest absolute Gasteiger partial charge is 0.338 e. The number of nitrogens with one attached hydrogen (secondary N) is 1. The number of hydrogen-bond acceptors (Lipinski definition) is 3. The van der Waals surface area contributed by atoms with Crippen LogP contribution < -0.4 is 5.32 Å². The fraction of sp³-hybridized carbons (Fsp3) is 0.263. The molecule has 126 valence electrons. The van der Waals surface area contributed by atoms with E-state index in [-0.39, 0.29) is 18.0 Å². The zero-order valence-corrected chi connectivity index (χ0v) is 14.5. The van der Waals surface area contributed by atoms with Crippen LogP contribution in [-0.2, 0) is 16.0 Å². The van der Waals surface area contributed by atoms with Crippen LogP contribution in [0.3, 0.4) is 0 Å². The van der Waals surface area contributed by atoms with Crippen LogP contribution in [0, 0.1) is 0 Å². The van der Waals surface area contributed by atoms with Gasteiger partial charge < -0.3 is 10.1 Å². The third kappa shape index (κ3) is 5.70. The van der Waals surface area contributed by atoms with E-state index in [1.807, 2.05) is 24.3 Å². The third-order valence-electron chi connectivity index (χ3n) is 3.30. The summed E-state index contributed by atoms with van der Waals surface area (Å²) in [7, 11) is 0. The van der Waals surface area contributed by atoms with Gasteiger partial charge in [-0.05, 0) is 62.2 Å². The lowest BCUT2D eigenvalue weighted by Crippen LogP contribution is -2.13. The molecule has 0 unspecified atom stereocenters. The van der Waals surface area contributed by atoms with Crippen LogP contribution in [0.15, 0.2) is 48.5 Å². The van der Waals surface area contributed by atoms with Crippen LogP contribution >= 0.6 is 11.6 Å². The molecule has 0 aromatic heterocycles. The van der Waals surface area contributed by atoms with Crippen molar-refractivity contribution in [2.24, 2.45) is 0 Å². The van der Waals surface area contributed by atoms with E-state index in [0.29, 0.717) is 29.1 Å². The lowest BCUT2D eigenvalue weighted by atomic mass is 10.1. The van der Waals surface area contributed by atoms with Gasteiger partial charge in [0.05, 0.1) is 11.7 Å². The maximum absolute atomic E-state index is 12.0. The molecule has 0 bridgehead atoms. The van der Waals surface area contributed by atoms with Crippen molar-refractivity contribution in [3.63, 3.8) is 0 Å². The second kappa shape index (κ2) is 8.50. The second-order valence-electron chi connectivity index (χ2n) is 5.71. The number of halogens is 1. The number of aryl methyl sites for hydroxylation is 1. The van der Waals surface area contributed by atoms with E-state index in [1.54, 1.807) is 38.1 Å². The molecule has 1 amide bonds. The van der Waals surface area contributed by atoms with E-state index in [9.17, 15) is 9.59 Å². The summed E-state index contributed by atoms with van der Waals surface area (Å²) in [4.78, 5) is 23.7. The summed E-state index contributed by atoms with van der Waals surface area (Å²) >= 11 is 5.83. The number of anilines is 1. The van der Waals surface area contributed by atoms with Crippen LogP contribution in [0.5, 0.6) is 0 Å². The van der Waals surface area contributed by atoms with Gasteiger partial charge in [0.2, 0.25) is 5.91 Å². The zero-order chi connectivity index (χ0) is 17.5. The SMILES string of the molecule is CC(C)OC(=O)c1ccc(NC(=O)CCc2ccc(Cl)cc2)cc1. The van der Waals surface area contributed by atoms with Crippen LogP contribution in [0.2, 0.25) is 5.02 Å². The summed E-state index contributed by atoms with van der Waals surface area (Å²) in [6, 6.07) is 14.1. The quantitative estimate of drug-likeness (QED) is 0.785. The molecule has 1 N–H and O–H groups in total. The number of benzene rings is 2. The Bertz CT molecular complexity index is 694. The first-order valence-electron chi connectivity index (χ1n) is 7.79. The molecular weight excluding hydrogens is 326 g/mol. The predicted molar refractivity (Wildman–Crippen MR) is 95.4 cm³/mol. The van der Waals surface area contributed by atoms with Crippen molar-refractivity contribution < 1.29 is 14.3 Å². The number of rotatable bonds is 6. The van der Waals surface area contributed by atoms with E-state index < -0.39 is 0 Å². The Kier molecular flexibility index (Phi) is 6.38. The van der Waals surface area contributed by atoms with Crippen molar-refractivity contribution in [2.45, 2.75) is 32.8 Å². The summed E-state index contributed by atoms with van der Waals surface area (Å²) < 4.78 is 5.12. The molecule has 2 aromatic carbocycles. The van der Waals surface area contributed by atoms with Gasteiger partial charge in [0.15, 0.2) is 0 Å². The van der Waals surface area contributed by atoms with E-state index in [2.05, 4.69) is 5.32 Å². The van der Waals surface area contributed by atoms with Crippen molar-refractivity contribution in [2.75, 3.05) is 5.32 Å². The Balaban J connectivity index is 1.85. The first-order chi connectivity index (χ1) is 11.4. The first kappa shape index (κ1) is 18.0. The van der Waals surface area contributed by atoms with Crippen molar-refractivity contribution >= 4 is 29.2 Å². The van der Waals surface area contributed by atoms with Gasteiger partial charge in [-0.1, -0.05) is 23.7 Å². The number of esters is 1. The molecule has 0 aliphatic rings. The molecule has 0 heterocycles. The molecule has 24 heavy (non-hydrogen) atoms. The lowest BCUT2D eigenvalue weighted by Gasteiger charge is -2.09. The highest BCUT2D eigenvalue weighted by molar-refractivity contribution is 6.30. The van der Waals surface area contributed by atoms with E-state index >= 15 is 0 Å². The van der Waals surface area contributed by atoms with Gasteiger partial charge >= 0.3 is 5.97 Å². The minimum Gasteiger partial charge on any atom is -0.459 e. The van der Waals surface area contributed by atoms with Gasteiger partial charge in [0.1, 0.15) is 0 Å². The van der Waals surface area contributed by atoms with Gasteiger partial charge in [-0.15, -0.1) is 0 Å². The largest absolute Gasteiger partial charge is 0.459 e. The van der Waals surface area contributed by atoms with E-state index in [0.717, 1.165) is 5.56 Å². The number of carbonyl (C=O) groups excluding carboxylic acids is 2. The molecule has 0 aliphatic heterocycles. The number of ether oxygens (including phenoxy) is 1.